The molecule has 1 aliphatic rings. The summed E-state index contributed by atoms with van der Waals surface area (Å²) in [6.07, 6.45) is 7.34. The van der Waals surface area contributed by atoms with Gasteiger partial charge in [0.25, 0.3) is 0 Å². The quantitative estimate of drug-likeness (QED) is 0.811. The molecule has 1 fully saturated rings. The molecule has 0 radical (unpaired) electrons. The van der Waals surface area contributed by atoms with Crippen molar-refractivity contribution in [2.45, 2.75) is 45.4 Å². The van der Waals surface area contributed by atoms with Gasteiger partial charge in [0.05, 0.1) is 0 Å². The van der Waals surface area contributed by atoms with Crippen molar-refractivity contribution < 1.29 is 4.42 Å². The van der Waals surface area contributed by atoms with Gasteiger partial charge in [-0.05, 0) is 18.3 Å². The van der Waals surface area contributed by atoms with Gasteiger partial charge in [0, 0.05) is 19.5 Å². The molecule has 0 saturated heterocycles. The van der Waals surface area contributed by atoms with E-state index in [-0.39, 0.29) is 0 Å². The molecule has 1 aromatic heterocycles. The van der Waals surface area contributed by atoms with E-state index in [1.807, 2.05) is 0 Å². The molecule has 1 aromatic rings. The first kappa shape index (κ1) is 13.3. The fourth-order valence-electron chi connectivity index (χ4n) is 2.55. The summed E-state index contributed by atoms with van der Waals surface area (Å²) in [4.78, 5) is 0. The largest absolute Gasteiger partial charge is 0.408 e. The normalized spacial score (nSPS) is 24.1. The Morgan fingerprint density at radius 1 is 1.28 bits per heavy atom. The lowest BCUT2D eigenvalue weighted by Crippen LogP contribution is -2.15. The maximum atomic E-state index is 5.43. The number of rotatable bonds is 6. The van der Waals surface area contributed by atoms with Gasteiger partial charge in [0.1, 0.15) is 0 Å². The highest BCUT2D eigenvalue weighted by molar-refractivity contribution is 5.16. The Bertz CT molecular complexity index is 345. The Morgan fingerprint density at radius 2 is 2.06 bits per heavy atom. The fourth-order valence-corrected chi connectivity index (χ4v) is 2.55. The van der Waals surface area contributed by atoms with Crippen molar-refractivity contribution in [2.75, 3.05) is 18.4 Å². The van der Waals surface area contributed by atoms with E-state index in [1.54, 1.807) is 0 Å². The molecule has 0 aromatic carbocycles. The predicted octanol–water partition coefficient (Wildman–Crippen LogP) is 2.20. The topological polar surface area (TPSA) is 77.0 Å². The van der Waals surface area contributed by atoms with Gasteiger partial charge >= 0.3 is 6.01 Å². The Balaban J connectivity index is 1.65. The summed E-state index contributed by atoms with van der Waals surface area (Å²) >= 11 is 0. The number of anilines is 1. The van der Waals surface area contributed by atoms with Crippen LogP contribution in [0, 0.1) is 11.8 Å². The van der Waals surface area contributed by atoms with Crippen LogP contribution in [0.2, 0.25) is 0 Å². The molecule has 102 valence electrons. The van der Waals surface area contributed by atoms with Crippen LogP contribution in [0.5, 0.6) is 0 Å². The lowest BCUT2D eigenvalue weighted by atomic mass is 9.81. The third-order valence-electron chi connectivity index (χ3n) is 3.79. The van der Waals surface area contributed by atoms with E-state index in [0.29, 0.717) is 24.9 Å². The van der Waals surface area contributed by atoms with E-state index in [9.17, 15) is 0 Å². The second-order valence-electron chi connectivity index (χ2n) is 5.38. The molecule has 1 heterocycles. The van der Waals surface area contributed by atoms with Crippen molar-refractivity contribution in [2.24, 2.45) is 17.6 Å². The molecule has 1 saturated carbocycles. The summed E-state index contributed by atoms with van der Waals surface area (Å²) in [7, 11) is 0. The zero-order valence-electron chi connectivity index (χ0n) is 11.2. The van der Waals surface area contributed by atoms with Gasteiger partial charge in [-0.2, -0.15) is 0 Å². The Morgan fingerprint density at radius 3 is 2.78 bits per heavy atom. The monoisotopic (exact) mass is 252 g/mol. The van der Waals surface area contributed by atoms with Crippen molar-refractivity contribution in [3.05, 3.63) is 5.89 Å². The van der Waals surface area contributed by atoms with E-state index in [0.717, 1.165) is 18.4 Å². The van der Waals surface area contributed by atoms with Gasteiger partial charge in [0.2, 0.25) is 5.89 Å². The van der Waals surface area contributed by atoms with E-state index in [2.05, 4.69) is 22.4 Å². The van der Waals surface area contributed by atoms with E-state index >= 15 is 0 Å². The molecule has 5 heteroatoms. The first-order valence-electron chi connectivity index (χ1n) is 7.04. The van der Waals surface area contributed by atoms with Crippen molar-refractivity contribution in [3.63, 3.8) is 0 Å². The summed E-state index contributed by atoms with van der Waals surface area (Å²) in [6, 6.07) is 0.530. The van der Waals surface area contributed by atoms with Crippen LogP contribution in [0.3, 0.4) is 0 Å². The predicted molar refractivity (Wildman–Crippen MR) is 71.3 cm³/mol. The number of hydrogen-bond acceptors (Lipinski definition) is 5. The third-order valence-corrected chi connectivity index (χ3v) is 3.79. The van der Waals surface area contributed by atoms with Gasteiger partial charge in [-0.1, -0.05) is 37.7 Å². The highest BCUT2D eigenvalue weighted by Gasteiger charge is 2.17. The fraction of sp³-hybridized carbons (Fsp3) is 0.846. The van der Waals surface area contributed by atoms with Crippen molar-refractivity contribution >= 4 is 6.01 Å². The maximum Gasteiger partial charge on any atom is 0.315 e. The van der Waals surface area contributed by atoms with Gasteiger partial charge in [-0.3, -0.25) is 0 Å². The molecule has 3 N–H and O–H groups in total. The molecule has 0 aliphatic heterocycles. The molecule has 18 heavy (non-hydrogen) atoms. The van der Waals surface area contributed by atoms with Crippen LogP contribution >= 0.6 is 0 Å². The summed E-state index contributed by atoms with van der Waals surface area (Å²) in [5, 5.41) is 11.1. The molecule has 2 rings (SSSR count). The van der Waals surface area contributed by atoms with Crippen molar-refractivity contribution in [1.82, 2.24) is 10.2 Å². The Hall–Kier alpha value is -1.10. The minimum Gasteiger partial charge on any atom is -0.408 e. The molecular formula is C13H24N4O. The number of nitrogens with two attached hydrogens (primary N) is 1. The first-order chi connectivity index (χ1) is 8.78. The molecular weight excluding hydrogens is 228 g/mol. The van der Waals surface area contributed by atoms with Crippen LogP contribution in [0.1, 0.15) is 44.9 Å². The first-order valence-corrected chi connectivity index (χ1v) is 7.04. The molecule has 5 nitrogen and oxygen atoms in total. The number of hydrogen-bond donors (Lipinski definition) is 2. The lowest BCUT2D eigenvalue weighted by Gasteiger charge is -2.25. The highest BCUT2D eigenvalue weighted by atomic mass is 16.4. The smallest absolute Gasteiger partial charge is 0.315 e. The number of aromatic nitrogens is 2. The summed E-state index contributed by atoms with van der Waals surface area (Å²) in [5.74, 6) is 2.40. The van der Waals surface area contributed by atoms with Crippen LogP contribution in [0.15, 0.2) is 4.42 Å². The van der Waals surface area contributed by atoms with E-state index in [4.69, 9.17) is 10.2 Å². The molecule has 1 aliphatic carbocycles. The zero-order valence-corrected chi connectivity index (χ0v) is 11.2. The van der Waals surface area contributed by atoms with Gasteiger partial charge in [-0.25, -0.2) is 0 Å². The third kappa shape index (κ3) is 3.98. The van der Waals surface area contributed by atoms with Crippen LogP contribution in [-0.4, -0.2) is 23.3 Å². The van der Waals surface area contributed by atoms with Crippen molar-refractivity contribution in [3.8, 4) is 0 Å². The zero-order chi connectivity index (χ0) is 12.8. The summed E-state index contributed by atoms with van der Waals surface area (Å²) in [6.45, 7) is 3.82. The van der Waals surface area contributed by atoms with E-state index < -0.39 is 0 Å². The second-order valence-corrected chi connectivity index (χ2v) is 5.38. The average Bonchev–Trinajstić information content (AvgIpc) is 2.80. The Labute approximate surface area is 109 Å². The van der Waals surface area contributed by atoms with Crippen molar-refractivity contribution in [1.29, 1.82) is 0 Å². The van der Waals surface area contributed by atoms with Gasteiger partial charge in [-0.15, -0.1) is 5.10 Å². The minimum absolute atomic E-state index is 0.530. The van der Waals surface area contributed by atoms with Crippen LogP contribution < -0.4 is 11.1 Å². The average molecular weight is 252 g/mol. The van der Waals surface area contributed by atoms with Crippen LogP contribution in [-0.2, 0) is 6.42 Å². The van der Waals surface area contributed by atoms with Gasteiger partial charge < -0.3 is 15.5 Å². The van der Waals surface area contributed by atoms with Crippen LogP contribution in [0.4, 0.5) is 6.01 Å². The molecule has 0 amide bonds. The summed E-state index contributed by atoms with van der Waals surface area (Å²) < 4.78 is 5.42. The number of nitrogens with zero attached hydrogens (tertiary/aromatic N) is 2. The van der Waals surface area contributed by atoms with E-state index in [1.165, 1.54) is 32.1 Å². The standard InChI is InChI=1S/C13H24N4O/c1-10-2-4-11(5-3-10)7-9-15-13-17-16-12(18-13)6-8-14/h10-11H,2-9,14H2,1H3,(H,15,17). The molecule has 0 atom stereocenters. The molecule has 0 spiro atoms. The van der Waals surface area contributed by atoms with Crippen LogP contribution in [0.25, 0.3) is 0 Å². The summed E-state index contributed by atoms with van der Waals surface area (Å²) in [5.41, 5.74) is 5.43. The van der Waals surface area contributed by atoms with Gasteiger partial charge in [0.15, 0.2) is 0 Å². The lowest BCUT2D eigenvalue weighted by molar-refractivity contribution is 0.281. The highest BCUT2D eigenvalue weighted by Crippen LogP contribution is 2.30. The second kappa shape index (κ2) is 6.73. The Kier molecular flexibility index (Phi) is 4.99. The maximum absolute atomic E-state index is 5.43. The minimum atomic E-state index is 0.530. The molecule has 0 unspecified atom stereocenters. The SMILES string of the molecule is CC1CCC(CCNc2nnc(CCN)o2)CC1. The molecule has 0 bridgehead atoms. The number of nitrogens with one attached hydrogen (secondary N) is 1.